The van der Waals surface area contributed by atoms with E-state index in [0.717, 1.165) is 19.5 Å². The van der Waals surface area contributed by atoms with Crippen molar-refractivity contribution in [1.82, 2.24) is 4.90 Å². The Labute approximate surface area is 136 Å². The molecule has 0 amide bonds. The molecule has 2 aliphatic heterocycles. The third-order valence-electron chi connectivity index (χ3n) is 4.82. The van der Waals surface area contributed by atoms with Crippen LogP contribution in [-0.4, -0.2) is 36.7 Å². The van der Waals surface area contributed by atoms with E-state index in [1.807, 2.05) is 18.2 Å². The molecule has 0 bridgehead atoms. The molecule has 4 heteroatoms. The van der Waals surface area contributed by atoms with Gasteiger partial charge in [0.05, 0.1) is 5.56 Å². The van der Waals surface area contributed by atoms with E-state index in [1.54, 1.807) is 12.1 Å². The van der Waals surface area contributed by atoms with E-state index in [-0.39, 0.29) is 18.2 Å². The van der Waals surface area contributed by atoms with Gasteiger partial charge in [-0.15, -0.1) is 0 Å². The number of likely N-dealkylation sites (N-methyl/N-ethyl adjacent to an activating group) is 1. The summed E-state index contributed by atoms with van der Waals surface area (Å²) < 4.78 is 5.83. The summed E-state index contributed by atoms with van der Waals surface area (Å²) in [5.74, 6) is -0.232. The van der Waals surface area contributed by atoms with Crippen molar-refractivity contribution >= 4 is 11.7 Å². The van der Waals surface area contributed by atoms with Crippen molar-refractivity contribution in [3.8, 4) is 0 Å². The molecule has 2 aliphatic rings. The van der Waals surface area contributed by atoms with Gasteiger partial charge in [-0.2, -0.15) is 0 Å². The molecule has 23 heavy (non-hydrogen) atoms. The number of nitrogens with zero attached hydrogens (tertiary/aromatic N) is 2. The van der Waals surface area contributed by atoms with E-state index in [2.05, 4.69) is 41.1 Å². The summed E-state index contributed by atoms with van der Waals surface area (Å²) >= 11 is 0. The fourth-order valence-electron chi connectivity index (χ4n) is 3.73. The van der Waals surface area contributed by atoms with E-state index >= 15 is 0 Å². The second-order valence-electron chi connectivity index (χ2n) is 6.22. The Morgan fingerprint density at radius 1 is 1.09 bits per heavy atom. The second-order valence-corrected chi connectivity index (χ2v) is 6.22. The molecule has 0 N–H and O–H groups in total. The van der Waals surface area contributed by atoms with Crippen LogP contribution in [0.5, 0.6) is 0 Å². The van der Waals surface area contributed by atoms with Gasteiger partial charge in [0.25, 0.3) is 0 Å². The molecule has 0 spiro atoms. The monoisotopic (exact) mass is 308 g/mol. The molecular weight excluding hydrogens is 288 g/mol. The lowest BCUT2D eigenvalue weighted by Crippen LogP contribution is -2.52. The second kappa shape index (κ2) is 5.70. The number of rotatable bonds is 2. The van der Waals surface area contributed by atoms with Gasteiger partial charge in [0.2, 0.25) is 0 Å². The Morgan fingerprint density at radius 3 is 2.65 bits per heavy atom. The predicted octanol–water partition coefficient (Wildman–Crippen LogP) is 2.89. The zero-order valence-corrected chi connectivity index (χ0v) is 13.2. The lowest BCUT2D eigenvalue weighted by Gasteiger charge is -2.42. The maximum absolute atomic E-state index is 12.4. The molecule has 2 aromatic rings. The quantitative estimate of drug-likeness (QED) is 0.799. The van der Waals surface area contributed by atoms with Crippen LogP contribution in [0.1, 0.15) is 22.3 Å². The van der Waals surface area contributed by atoms with Gasteiger partial charge in [-0.25, -0.2) is 4.79 Å². The minimum Gasteiger partial charge on any atom is -0.455 e. The standard InChI is InChI=1S/C19H20N2O2/c1-20-16-10-6-5-9-15(16)13-21-12-11-17(18(20)21)23-19(22)14-7-3-2-4-8-14/h2-10,17-18H,11-13H2,1H3. The first-order valence-electron chi connectivity index (χ1n) is 8.05. The van der Waals surface area contributed by atoms with Crippen LogP contribution in [0.25, 0.3) is 0 Å². The van der Waals surface area contributed by atoms with Gasteiger partial charge in [-0.1, -0.05) is 36.4 Å². The van der Waals surface area contributed by atoms with Gasteiger partial charge in [-0.05, 0) is 23.8 Å². The number of anilines is 1. The number of benzene rings is 2. The Bertz CT molecular complexity index is 716. The summed E-state index contributed by atoms with van der Waals surface area (Å²) in [7, 11) is 2.09. The predicted molar refractivity (Wildman–Crippen MR) is 89.3 cm³/mol. The number of fused-ring (bicyclic) bond motifs is 2. The molecule has 0 radical (unpaired) electrons. The highest BCUT2D eigenvalue weighted by atomic mass is 16.5. The molecule has 0 saturated carbocycles. The van der Waals surface area contributed by atoms with E-state index in [9.17, 15) is 4.79 Å². The van der Waals surface area contributed by atoms with Crippen LogP contribution in [0.15, 0.2) is 54.6 Å². The van der Waals surface area contributed by atoms with Crippen LogP contribution in [0.4, 0.5) is 5.69 Å². The maximum Gasteiger partial charge on any atom is 0.338 e. The van der Waals surface area contributed by atoms with Crippen molar-refractivity contribution in [2.75, 3.05) is 18.5 Å². The van der Waals surface area contributed by atoms with Crippen molar-refractivity contribution in [2.45, 2.75) is 25.2 Å². The highest BCUT2D eigenvalue weighted by molar-refractivity contribution is 5.89. The molecule has 2 unspecified atom stereocenters. The number of ether oxygens (including phenoxy) is 1. The van der Waals surface area contributed by atoms with Crippen LogP contribution in [0.2, 0.25) is 0 Å². The van der Waals surface area contributed by atoms with E-state index < -0.39 is 0 Å². The molecule has 1 fully saturated rings. The van der Waals surface area contributed by atoms with E-state index in [1.165, 1.54) is 11.3 Å². The molecule has 0 aromatic heterocycles. The molecule has 2 heterocycles. The lowest BCUT2D eigenvalue weighted by molar-refractivity contribution is 0.0191. The highest BCUT2D eigenvalue weighted by Crippen LogP contribution is 2.36. The van der Waals surface area contributed by atoms with Gasteiger partial charge in [-0.3, -0.25) is 4.90 Å². The number of hydrogen-bond donors (Lipinski definition) is 0. The molecular formula is C19H20N2O2. The Morgan fingerprint density at radius 2 is 1.83 bits per heavy atom. The summed E-state index contributed by atoms with van der Waals surface area (Å²) in [4.78, 5) is 17.0. The van der Waals surface area contributed by atoms with Gasteiger partial charge >= 0.3 is 5.97 Å². The van der Waals surface area contributed by atoms with Gasteiger partial charge in [0, 0.05) is 32.2 Å². The minimum atomic E-state index is -0.232. The fourth-order valence-corrected chi connectivity index (χ4v) is 3.73. The third-order valence-corrected chi connectivity index (χ3v) is 4.82. The lowest BCUT2D eigenvalue weighted by atomic mass is 10.1. The van der Waals surface area contributed by atoms with E-state index in [0.29, 0.717) is 5.56 Å². The Hall–Kier alpha value is -2.33. The Kier molecular flexibility index (Phi) is 3.54. The minimum absolute atomic E-state index is 0.0962. The smallest absolute Gasteiger partial charge is 0.338 e. The van der Waals surface area contributed by atoms with Gasteiger partial charge < -0.3 is 9.64 Å². The molecule has 4 nitrogen and oxygen atoms in total. The number of carbonyl (C=O) groups is 1. The number of esters is 1. The van der Waals surface area contributed by atoms with Crippen molar-refractivity contribution in [3.05, 3.63) is 65.7 Å². The van der Waals surface area contributed by atoms with Crippen molar-refractivity contribution in [1.29, 1.82) is 0 Å². The zero-order valence-electron chi connectivity index (χ0n) is 13.2. The van der Waals surface area contributed by atoms with Gasteiger partial charge in [0.15, 0.2) is 0 Å². The molecule has 0 aliphatic carbocycles. The maximum atomic E-state index is 12.4. The molecule has 4 rings (SSSR count). The fraction of sp³-hybridized carbons (Fsp3) is 0.316. The summed E-state index contributed by atoms with van der Waals surface area (Å²) in [6.07, 6.45) is 0.903. The SMILES string of the molecule is CN1c2ccccc2CN2CCC(OC(=O)c3ccccc3)C21. The molecule has 118 valence electrons. The first-order valence-corrected chi connectivity index (χ1v) is 8.05. The average Bonchev–Trinajstić information content (AvgIpc) is 2.99. The molecule has 2 aromatic carbocycles. The van der Waals surface area contributed by atoms with Crippen LogP contribution in [-0.2, 0) is 11.3 Å². The Balaban J connectivity index is 1.55. The summed E-state index contributed by atoms with van der Waals surface area (Å²) in [5, 5.41) is 0. The zero-order chi connectivity index (χ0) is 15.8. The summed E-state index contributed by atoms with van der Waals surface area (Å²) in [5.41, 5.74) is 3.18. The average molecular weight is 308 g/mol. The highest BCUT2D eigenvalue weighted by Gasteiger charge is 2.42. The number of carbonyl (C=O) groups excluding carboxylic acids is 1. The number of para-hydroxylation sites is 1. The summed E-state index contributed by atoms with van der Waals surface area (Å²) in [6, 6.07) is 17.7. The van der Waals surface area contributed by atoms with E-state index in [4.69, 9.17) is 4.74 Å². The van der Waals surface area contributed by atoms with Crippen LogP contribution in [0.3, 0.4) is 0 Å². The largest absolute Gasteiger partial charge is 0.455 e. The molecule has 2 atom stereocenters. The van der Waals surface area contributed by atoms with Crippen molar-refractivity contribution in [3.63, 3.8) is 0 Å². The molecule has 1 saturated heterocycles. The third kappa shape index (κ3) is 2.49. The first-order chi connectivity index (χ1) is 11.2. The van der Waals surface area contributed by atoms with Crippen molar-refractivity contribution < 1.29 is 9.53 Å². The number of hydrogen-bond acceptors (Lipinski definition) is 4. The summed E-state index contributed by atoms with van der Waals surface area (Å²) in [6.45, 7) is 1.88. The first kappa shape index (κ1) is 14.3. The van der Waals surface area contributed by atoms with Crippen LogP contribution in [0, 0.1) is 0 Å². The topological polar surface area (TPSA) is 32.8 Å². The van der Waals surface area contributed by atoms with Crippen LogP contribution < -0.4 is 4.90 Å². The normalized spacial score (nSPS) is 23.3. The van der Waals surface area contributed by atoms with Crippen molar-refractivity contribution in [2.24, 2.45) is 0 Å². The van der Waals surface area contributed by atoms with Gasteiger partial charge in [0.1, 0.15) is 12.3 Å². The van der Waals surface area contributed by atoms with Crippen LogP contribution >= 0.6 is 0 Å².